The molecule has 0 aliphatic carbocycles. The van der Waals surface area contributed by atoms with Gasteiger partial charge in [-0.25, -0.2) is 14.3 Å². The zero-order valence-electron chi connectivity index (χ0n) is 15.9. The molecule has 0 bridgehead atoms. The lowest BCUT2D eigenvalue weighted by atomic mass is 10.1. The number of ether oxygens (including phenoxy) is 1. The number of amides is 1. The van der Waals surface area contributed by atoms with E-state index in [0.29, 0.717) is 17.8 Å². The first-order valence-electron chi connectivity index (χ1n) is 9.06. The van der Waals surface area contributed by atoms with Crippen molar-refractivity contribution < 1.29 is 14.3 Å². The van der Waals surface area contributed by atoms with Gasteiger partial charge in [-0.15, -0.1) is 0 Å². The Morgan fingerprint density at radius 1 is 1.25 bits per heavy atom. The Labute approximate surface area is 161 Å². The van der Waals surface area contributed by atoms with Crippen molar-refractivity contribution in [1.29, 1.82) is 0 Å². The number of fused-ring (bicyclic) bond motifs is 1. The van der Waals surface area contributed by atoms with Gasteiger partial charge in [-0.05, 0) is 25.8 Å². The van der Waals surface area contributed by atoms with Crippen LogP contribution in [0.3, 0.4) is 0 Å². The second-order valence-corrected chi connectivity index (χ2v) is 6.47. The fourth-order valence-electron chi connectivity index (χ4n) is 2.96. The number of nitrogens with zero attached hydrogens (tertiary/aromatic N) is 2. The summed E-state index contributed by atoms with van der Waals surface area (Å²) in [7, 11) is 0. The Hall–Kier alpha value is -3.42. The van der Waals surface area contributed by atoms with Gasteiger partial charge in [0, 0.05) is 12.3 Å². The smallest absolute Gasteiger partial charge is 0.342 e. The number of rotatable bonds is 6. The molecule has 0 unspecified atom stereocenters. The van der Waals surface area contributed by atoms with Crippen LogP contribution in [-0.4, -0.2) is 32.6 Å². The molecular formula is C20H22N4O4. The fourth-order valence-corrected chi connectivity index (χ4v) is 2.96. The van der Waals surface area contributed by atoms with E-state index in [0.717, 1.165) is 5.56 Å². The van der Waals surface area contributed by atoms with Gasteiger partial charge in [0.15, 0.2) is 11.8 Å². The van der Waals surface area contributed by atoms with Gasteiger partial charge in [-0.1, -0.05) is 37.3 Å². The molecule has 2 aromatic heterocycles. The summed E-state index contributed by atoms with van der Waals surface area (Å²) >= 11 is 0. The molecule has 8 nitrogen and oxygen atoms in total. The molecule has 2 heterocycles. The summed E-state index contributed by atoms with van der Waals surface area (Å²) < 4.78 is 6.80. The maximum absolute atomic E-state index is 12.6. The van der Waals surface area contributed by atoms with Crippen LogP contribution in [0.25, 0.3) is 5.65 Å². The summed E-state index contributed by atoms with van der Waals surface area (Å²) in [5.74, 6) is -1.07. The molecule has 3 aromatic rings. The molecule has 0 fully saturated rings. The molecule has 0 saturated carbocycles. The molecule has 2 N–H and O–H groups in total. The van der Waals surface area contributed by atoms with Crippen LogP contribution in [0.1, 0.15) is 48.4 Å². The number of hydrogen-bond donors (Lipinski definition) is 2. The van der Waals surface area contributed by atoms with Crippen LogP contribution >= 0.6 is 0 Å². The standard InChI is InChI=1S/C20H22N4O4/c1-4-16-15(11-21-17-10-18(25)23-24(16)17)20(27)28-13(3)19(26)22-12(2)14-8-6-5-7-9-14/h5-13H,4H2,1-3H3,(H,22,26)(H,23,25)/t12-,13+/m1/s1. The molecule has 1 aromatic carbocycles. The maximum Gasteiger partial charge on any atom is 0.342 e. The molecule has 0 radical (unpaired) electrons. The Balaban J connectivity index is 1.72. The minimum atomic E-state index is -0.984. The minimum Gasteiger partial charge on any atom is -0.449 e. The lowest BCUT2D eigenvalue weighted by Crippen LogP contribution is -2.37. The zero-order chi connectivity index (χ0) is 20.3. The summed E-state index contributed by atoms with van der Waals surface area (Å²) in [6.45, 7) is 5.22. The number of esters is 1. The van der Waals surface area contributed by atoms with Crippen molar-refractivity contribution in [3.8, 4) is 0 Å². The number of hydrogen-bond acceptors (Lipinski definition) is 5. The number of nitrogens with one attached hydrogen (secondary N) is 2. The topological polar surface area (TPSA) is 106 Å². The van der Waals surface area contributed by atoms with Crippen molar-refractivity contribution in [2.75, 3.05) is 0 Å². The highest BCUT2D eigenvalue weighted by Crippen LogP contribution is 2.14. The number of aromatic amines is 1. The molecule has 146 valence electrons. The lowest BCUT2D eigenvalue weighted by Gasteiger charge is -2.19. The van der Waals surface area contributed by atoms with E-state index in [1.165, 1.54) is 23.7 Å². The van der Waals surface area contributed by atoms with Gasteiger partial charge in [0.25, 0.3) is 11.5 Å². The van der Waals surface area contributed by atoms with E-state index in [1.807, 2.05) is 44.2 Å². The van der Waals surface area contributed by atoms with Gasteiger partial charge in [-0.3, -0.25) is 14.7 Å². The van der Waals surface area contributed by atoms with Gasteiger partial charge in [0.1, 0.15) is 0 Å². The summed E-state index contributed by atoms with van der Waals surface area (Å²) in [5.41, 5.74) is 1.82. The van der Waals surface area contributed by atoms with E-state index in [2.05, 4.69) is 15.4 Å². The van der Waals surface area contributed by atoms with E-state index in [4.69, 9.17) is 4.74 Å². The molecule has 28 heavy (non-hydrogen) atoms. The highest BCUT2D eigenvalue weighted by Gasteiger charge is 2.23. The number of aromatic nitrogens is 3. The Bertz CT molecular complexity index is 1060. The van der Waals surface area contributed by atoms with Crippen LogP contribution in [0.2, 0.25) is 0 Å². The number of carbonyl (C=O) groups excluding carboxylic acids is 2. The Morgan fingerprint density at radius 3 is 2.64 bits per heavy atom. The molecule has 1 amide bonds. The van der Waals surface area contributed by atoms with Crippen molar-refractivity contribution >= 4 is 17.5 Å². The lowest BCUT2D eigenvalue weighted by molar-refractivity contribution is -0.129. The van der Waals surface area contributed by atoms with Gasteiger partial charge in [-0.2, -0.15) is 0 Å². The molecule has 8 heteroatoms. The van der Waals surface area contributed by atoms with Crippen molar-refractivity contribution in [2.24, 2.45) is 0 Å². The van der Waals surface area contributed by atoms with Crippen molar-refractivity contribution in [3.05, 3.63) is 69.8 Å². The second-order valence-electron chi connectivity index (χ2n) is 6.47. The Kier molecular flexibility index (Phi) is 5.58. The quantitative estimate of drug-likeness (QED) is 0.635. The van der Waals surface area contributed by atoms with Gasteiger partial charge < -0.3 is 10.1 Å². The first kappa shape index (κ1) is 19.3. The average molecular weight is 382 g/mol. The number of aryl methyl sites for hydroxylation is 1. The second kappa shape index (κ2) is 8.08. The van der Waals surface area contributed by atoms with Crippen molar-refractivity contribution in [1.82, 2.24) is 19.9 Å². The average Bonchev–Trinajstić information content (AvgIpc) is 3.07. The van der Waals surface area contributed by atoms with Crippen LogP contribution < -0.4 is 10.9 Å². The predicted molar refractivity (Wildman–Crippen MR) is 103 cm³/mol. The molecule has 0 saturated heterocycles. The van der Waals surface area contributed by atoms with Crippen molar-refractivity contribution in [3.63, 3.8) is 0 Å². The molecular weight excluding hydrogens is 360 g/mol. The fraction of sp³-hybridized carbons (Fsp3) is 0.300. The van der Waals surface area contributed by atoms with E-state index in [9.17, 15) is 14.4 Å². The third-order valence-corrected chi connectivity index (χ3v) is 4.48. The van der Waals surface area contributed by atoms with Crippen LogP contribution in [0.15, 0.2) is 47.4 Å². The van der Waals surface area contributed by atoms with E-state index >= 15 is 0 Å². The van der Waals surface area contributed by atoms with E-state index < -0.39 is 18.0 Å². The molecule has 0 aliphatic heterocycles. The minimum absolute atomic E-state index is 0.206. The summed E-state index contributed by atoms with van der Waals surface area (Å²) in [6, 6.07) is 10.6. The summed E-state index contributed by atoms with van der Waals surface area (Å²) in [4.78, 5) is 40.6. The van der Waals surface area contributed by atoms with Gasteiger partial charge in [0.2, 0.25) is 0 Å². The Morgan fingerprint density at radius 2 is 1.96 bits per heavy atom. The molecule has 0 aliphatic rings. The molecule has 2 atom stereocenters. The van der Waals surface area contributed by atoms with E-state index in [1.54, 1.807) is 0 Å². The van der Waals surface area contributed by atoms with Gasteiger partial charge >= 0.3 is 5.97 Å². The highest BCUT2D eigenvalue weighted by atomic mass is 16.5. The SMILES string of the molecule is CCc1c(C(=O)O[C@@H](C)C(=O)N[C@H](C)c2ccccc2)cnc2cc(=O)[nH]n12. The third kappa shape index (κ3) is 3.95. The monoisotopic (exact) mass is 382 g/mol. The largest absolute Gasteiger partial charge is 0.449 e. The first-order valence-corrected chi connectivity index (χ1v) is 9.06. The summed E-state index contributed by atoms with van der Waals surface area (Å²) in [6.07, 6.45) is 0.850. The highest BCUT2D eigenvalue weighted by molar-refractivity contribution is 5.93. The van der Waals surface area contributed by atoms with Crippen LogP contribution in [0, 0.1) is 0 Å². The number of benzene rings is 1. The molecule has 3 rings (SSSR count). The first-order chi connectivity index (χ1) is 13.4. The number of H-pyrrole nitrogens is 1. The normalized spacial score (nSPS) is 13.1. The molecule has 0 spiro atoms. The van der Waals surface area contributed by atoms with E-state index in [-0.39, 0.29) is 17.2 Å². The zero-order valence-corrected chi connectivity index (χ0v) is 15.9. The third-order valence-electron chi connectivity index (χ3n) is 4.48. The van der Waals surface area contributed by atoms with Gasteiger partial charge in [0.05, 0.1) is 17.3 Å². The van der Waals surface area contributed by atoms with Crippen LogP contribution in [0.5, 0.6) is 0 Å². The van der Waals surface area contributed by atoms with Crippen molar-refractivity contribution in [2.45, 2.75) is 39.3 Å². The number of carbonyl (C=O) groups is 2. The predicted octanol–water partition coefficient (Wildman–Crippen LogP) is 2.01. The summed E-state index contributed by atoms with van der Waals surface area (Å²) in [5, 5.41) is 5.43. The maximum atomic E-state index is 12.6. The van der Waals surface area contributed by atoms with Crippen LogP contribution in [-0.2, 0) is 16.0 Å². The van der Waals surface area contributed by atoms with Crippen LogP contribution in [0.4, 0.5) is 0 Å².